The highest BCUT2D eigenvalue weighted by Gasteiger charge is 2.17. The second-order valence-corrected chi connectivity index (χ2v) is 6.36. The summed E-state index contributed by atoms with van der Waals surface area (Å²) in [6, 6.07) is 12.2. The monoisotopic (exact) mass is 417 g/mol. The molecule has 2 rings (SSSR count). The van der Waals surface area contributed by atoms with Crippen molar-refractivity contribution in [1.82, 2.24) is 0 Å². The first-order valence-electron chi connectivity index (χ1n) is 9.28. The van der Waals surface area contributed by atoms with E-state index in [1.165, 1.54) is 13.0 Å². The van der Waals surface area contributed by atoms with Gasteiger partial charge in [0.1, 0.15) is 0 Å². The quantitative estimate of drug-likeness (QED) is 0.472. The molecule has 2 aromatic rings. The highest BCUT2D eigenvalue weighted by molar-refractivity contribution is 6.33. The number of halogens is 1. The molecule has 0 bridgehead atoms. The minimum absolute atomic E-state index is 0.403. The van der Waals surface area contributed by atoms with Crippen LogP contribution in [0.15, 0.2) is 48.5 Å². The number of rotatable bonds is 9. The Labute approximate surface area is 175 Å². The van der Waals surface area contributed by atoms with Gasteiger partial charge in [0.25, 0.3) is 5.91 Å². The Morgan fingerprint density at radius 2 is 1.76 bits per heavy atom. The predicted octanol–water partition coefficient (Wildman–Crippen LogP) is 4.72. The Morgan fingerprint density at radius 3 is 2.45 bits per heavy atom. The average molecular weight is 418 g/mol. The van der Waals surface area contributed by atoms with Gasteiger partial charge >= 0.3 is 5.97 Å². The number of carbonyl (C=O) groups excluding carboxylic acids is 2. The lowest BCUT2D eigenvalue weighted by atomic mass is 10.2. The van der Waals surface area contributed by atoms with Gasteiger partial charge in [-0.2, -0.15) is 0 Å². The van der Waals surface area contributed by atoms with Crippen LogP contribution in [0, 0.1) is 0 Å². The van der Waals surface area contributed by atoms with Crippen LogP contribution in [0.2, 0.25) is 5.02 Å². The molecule has 0 fully saturated rings. The highest BCUT2D eigenvalue weighted by atomic mass is 35.5. The number of esters is 1. The lowest BCUT2D eigenvalue weighted by molar-refractivity contribution is -0.148. The Balaban J connectivity index is 1.97. The van der Waals surface area contributed by atoms with Crippen molar-refractivity contribution in [2.75, 3.05) is 18.5 Å². The fourth-order valence-corrected chi connectivity index (χ4v) is 2.58. The summed E-state index contributed by atoms with van der Waals surface area (Å²) in [5.41, 5.74) is 1.19. The van der Waals surface area contributed by atoms with E-state index in [1.807, 2.05) is 13.8 Å². The molecule has 0 aliphatic heterocycles. The number of benzene rings is 2. The largest absolute Gasteiger partial charge is 0.490 e. The number of amides is 1. The van der Waals surface area contributed by atoms with E-state index >= 15 is 0 Å². The van der Waals surface area contributed by atoms with E-state index < -0.39 is 18.0 Å². The molecule has 0 unspecified atom stereocenters. The topological polar surface area (TPSA) is 73.9 Å². The Kier molecular flexibility index (Phi) is 8.55. The highest BCUT2D eigenvalue weighted by Crippen LogP contribution is 2.29. The molecule has 1 amide bonds. The molecule has 29 heavy (non-hydrogen) atoms. The first-order valence-corrected chi connectivity index (χ1v) is 9.66. The first-order chi connectivity index (χ1) is 13.9. The van der Waals surface area contributed by atoms with Gasteiger partial charge in [-0.1, -0.05) is 29.8 Å². The number of hydrogen-bond donors (Lipinski definition) is 1. The van der Waals surface area contributed by atoms with Crippen molar-refractivity contribution >= 4 is 35.2 Å². The SMILES string of the molecule is CCOc1ccc(/C=C/C(=O)O[C@@H](C)C(=O)Nc2ccccc2Cl)cc1OCC. The van der Waals surface area contributed by atoms with Crippen LogP contribution in [0.1, 0.15) is 26.3 Å². The fourth-order valence-electron chi connectivity index (χ4n) is 2.40. The Morgan fingerprint density at radius 1 is 1.07 bits per heavy atom. The second-order valence-electron chi connectivity index (χ2n) is 5.95. The van der Waals surface area contributed by atoms with E-state index in [0.29, 0.717) is 35.4 Å². The molecule has 2 aromatic carbocycles. The maximum atomic E-state index is 12.2. The van der Waals surface area contributed by atoms with Crippen LogP contribution in [0.3, 0.4) is 0 Å². The van der Waals surface area contributed by atoms with Crippen molar-refractivity contribution in [3.05, 3.63) is 59.1 Å². The molecule has 0 saturated carbocycles. The van der Waals surface area contributed by atoms with Crippen molar-refractivity contribution < 1.29 is 23.8 Å². The lowest BCUT2D eigenvalue weighted by Crippen LogP contribution is -2.29. The summed E-state index contributed by atoms with van der Waals surface area (Å²) in [7, 11) is 0. The third-order valence-corrected chi connectivity index (χ3v) is 4.10. The third kappa shape index (κ3) is 6.84. The van der Waals surface area contributed by atoms with Crippen LogP contribution in [-0.2, 0) is 14.3 Å². The number of carbonyl (C=O) groups is 2. The minimum atomic E-state index is -0.984. The molecule has 7 heteroatoms. The summed E-state index contributed by atoms with van der Waals surface area (Å²) < 4.78 is 16.2. The minimum Gasteiger partial charge on any atom is -0.490 e. The molecular weight excluding hydrogens is 394 g/mol. The van der Waals surface area contributed by atoms with E-state index in [0.717, 1.165) is 5.56 Å². The van der Waals surface area contributed by atoms with Gasteiger partial charge < -0.3 is 19.5 Å². The molecule has 1 atom stereocenters. The van der Waals surface area contributed by atoms with Gasteiger partial charge in [0.05, 0.1) is 23.9 Å². The molecule has 0 saturated heterocycles. The summed E-state index contributed by atoms with van der Waals surface area (Å²) in [5.74, 6) is 0.120. The summed E-state index contributed by atoms with van der Waals surface area (Å²) in [6.45, 7) is 6.28. The zero-order valence-corrected chi connectivity index (χ0v) is 17.4. The van der Waals surface area contributed by atoms with E-state index in [9.17, 15) is 9.59 Å². The van der Waals surface area contributed by atoms with Crippen LogP contribution in [-0.4, -0.2) is 31.2 Å². The van der Waals surface area contributed by atoms with Crippen LogP contribution < -0.4 is 14.8 Å². The van der Waals surface area contributed by atoms with Gasteiger partial charge in [0.2, 0.25) is 0 Å². The molecule has 0 aliphatic rings. The Bertz CT molecular complexity index is 881. The normalized spacial score (nSPS) is 11.7. The van der Waals surface area contributed by atoms with Crippen molar-refractivity contribution in [2.45, 2.75) is 26.9 Å². The van der Waals surface area contributed by atoms with Gasteiger partial charge in [0, 0.05) is 6.08 Å². The molecule has 1 N–H and O–H groups in total. The number of para-hydroxylation sites is 1. The molecule has 0 aliphatic carbocycles. The molecule has 0 radical (unpaired) electrons. The third-order valence-electron chi connectivity index (χ3n) is 3.77. The number of ether oxygens (including phenoxy) is 3. The fraction of sp³-hybridized carbons (Fsp3) is 0.273. The lowest BCUT2D eigenvalue weighted by Gasteiger charge is -2.13. The molecule has 0 aromatic heterocycles. The van der Waals surface area contributed by atoms with Crippen LogP contribution in [0.25, 0.3) is 6.08 Å². The predicted molar refractivity (Wildman–Crippen MR) is 113 cm³/mol. The summed E-state index contributed by atoms with van der Waals surface area (Å²) in [6.07, 6.45) is 1.85. The summed E-state index contributed by atoms with van der Waals surface area (Å²) in [5, 5.41) is 3.03. The van der Waals surface area contributed by atoms with Gasteiger partial charge in [-0.3, -0.25) is 4.79 Å². The van der Waals surface area contributed by atoms with Crippen molar-refractivity contribution in [3.63, 3.8) is 0 Å². The maximum absolute atomic E-state index is 12.2. The molecule has 6 nitrogen and oxygen atoms in total. The zero-order valence-electron chi connectivity index (χ0n) is 16.6. The van der Waals surface area contributed by atoms with E-state index in [-0.39, 0.29) is 0 Å². The van der Waals surface area contributed by atoms with Gasteiger partial charge in [-0.25, -0.2) is 4.79 Å². The van der Waals surface area contributed by atoms with E-state index in [1.54, 1.807) is 48.5 Å². The average Bonchev–Trinajstić information content (AvgIpc) is 2.70. The van der Waals surface area contributed by atoms with Crippen LogP contribution >= 0.6 is 11.6 Å². The van der Waals surface area contributed by atoms with Crippen molar-refractivity contribution in [1.29, 1.82) is 0 Å². The van der Waals surface area contributed by atoms with Crippen molar-refractivity contribution in [2.24, 2.45) is 0 Å². The van der Waals surface area contributed by atoms with Crippen LogP contribution in [0.5, 0.6) is 11.5 Å². The van der Waals surface area contributed by atoms with E-state index in [4.69, 9.17) is 25.8 Å². The Hall–Kier alpha value is -2.99. The molecule has 0 heterocycles. The summed E-state index contributed by atoms with van der Waals surface area (Å²) in [4.78, 5) is 24.2. The van der Waals surface area contributed by atoms with E-state index in [2.05, 4.69) is 5.32 Å². The smallest absolute Gasteiger partial charge is 0.331 e. The number of nitrogens with one attached hydrogen (secondary N) is 1. The molecular formula is C22H24ClNO5. The van der Waals surface area contributed by atoms with Crippen molar-refractivity contribution in [3.8, 4) is 11.5 Å². The zero-order chi connectivity index (χ0) is 21.2. The standard InChI is InChI=1S/C22H24ClNO5/c1-4-27-19-12-10-16(14-20(19)28-5-2)11-13-21(25)29-15(3)22(26)24-18-9-7-6-8-17(18)23/h6-15H,4-5H2,1-3H3,(H,24,26)/b13-11+/t15-/m0/s1. The maximum Gasteiger partial charge on any atom is 0.331 e. The van der Waals surface area contributed by atoms with Crippen LogP contribution in [0.4, 0.5) is 5.69 Å². The summed E-state index contributed by atoms with van der Waals surface area (Å²) >= 11 is 6.01. The molecule has 154 valence electrons. The molecule has 0 spiro atoms. The second kappa shape index (κ2) is 11.1. The number of anilines is 1. The van der Waals surface area contributed by atoms with Gasteiger partial charge in [-0.05, 0) is 56.7 Å². The van der Waals surface area contributed by atoms with Gasteiger partial charge in [0.15, 0.2) is 17.6 Å². The number of hydrogen-bond acceptors (Lipinski definition) is 5. The first kappa shape index (κ1) is 22.3. The van der Waals surface area contributed by atoms with Gasteiger partial charge in [-0.15, -0.1) is 0 Å².